The van der Waals surface area contributed by atoms with Gasteiger partial charge in [-0.1, -0.05) is 5.16 Å². The summed E-state index contributed by atoms with van der Waals surface area (Å²) in [6.07, 6.45) is 4.01. The van der Waals surface area contributed by atoms with E-state index in [1.165, 1.54) is 19.5 Å². The first-order valence-electron chi connectivity index (χ1n) is 7.79. The van der Waals surface area contributed by atoms with Crippen molar-refractivity contribution in [2.45, 2.75) is 32.8 Å². The molecule has 8 nitrogen and oxygen atoms in total. The van der Waals surface area contributed by atoms with Crippen LogP contribution in [-0.2, 0) is 11.2 Å². The van der Waals surface area contributed by atoms with E-state index in [-0.39, 0.29) is 12.0 Å². The summed E-state index contributed by atoms with van der Waals surface area (Å²) in [4.78, 5) is 22.5. The highest BCUT2D eigenvalue weighted by Gasteiger charge is 2.29. The molecule has 1 saturated heterocycles. The van der Waals surface area contributed by atoms with Crippen molar-refractivity contribution in [3.05, 3.63) is 29.4 Å². The Labute approximate surface area is 139 Å². The predicted molar refractivity (Wildman–Crippen MR) is 83.9 cm³/mol. The molecule has 0 radical (unpaired) electrons. The summed E-state index contributed by atoms with van der Waals surface area (Å²) in [5.74, 6) is 1.54. The number of ether oxygens (including phenoxy) is 2. The van der Waals surface area contributed by atoms with Crippen LogP contribution in [0.25, 0.3) is 0 Å². The number of carbonyl (C=O) groups excluding carboxylic acids is 1. The Morgan fingerprint density at radius 1 is 1.38 bits per heavy atom. The van der Waals surface area contributed by atoms with Crippen LogP contribution in [0.2, 0.25) is 0 Å². The minimum atomic E-state index is -0.0972. The fraction of sp³-hybridized carbons (Fsp3) is 0.500. The second kappa shape index (κ2) is 6.86. The highest BCUT2D eigenvalue weighted by molar-refractivity contribution is 5.79. The maximum atomic E-state index is 12.5. The van der Waals surface area contributed by atoms with Crippen LogP contribution in [-0.4, -0.2) is 52.2 Å². The number of aryl methyl sites for hydroxylation is 2. The molecular formula is C16H20N4O4. The van der Waals surface area contributed by atoms with Gasteiger partial charge in [-0.05, 0) is 13.8 Å². The summed E-state index contributed by atoms with van der Waals surface area (Å²) in [6, 6.07) is 0. The Bertz CT molecular complexity index is 711. The Hall–Kier alpha value is -2.64. The summed E-state index contributed by atoms with van der Waals surface area (Å²) >= 11 is 0. The molecule has 1 unspecified atom stereocenters. The van der Waals surface area contributed by atoms with E-state index in [1.807, 2.05) is 13.8 Å². The van der Waals surface area contributed by atoms with E-state index in [9.17, 15) is 4.79 Å². The first-order valence-corrected chi connectivity index (χ1v) is 7.79. The molecule has 3 rings (SSSR count). The van der Waals surface area contributed by atoms with Gasteiger partial charge in [-0.2, -0.15) is 4.98 Å². The number of carbonyl (C=O) groups is 1. The minimum absolute atomic E-state index is 0.0484. The fourth-order valence-electron chi connectivity index (χ4n) is 2.73. The number of amides is 1. The SMILES string of the molecule is COc1cncc(OC2CCN(C(=O)Cc3c(C)noc3C)C2)n1. The Morgan fingerprint density at radius 2 is 2.17 bits per heavy atom. The topological polar surface area (TPSA) is 90.6 Å². The summed E-state index contributed by atoms with van der Waals surface area (Å²) in [6.45, 7) is 4.85. The number of rotatable bonds is 5. The average Bonchev–Trinajstić information content (AvgIpc) is 3.17. The molecule has 1 fully saturated rings. The molecule has 1 amide bonds. The Kier molecular flexibility index (Phi) is 4.64. The molecular weight excluding hydrogens is 312 g/mol. The van der Waals surface area contributed by atoms with Crippen molar-refractivity contribution in [2.24, 2.45) is 0 Å². The lowest BCUT2D eigenvalue weighted by Gasteiger charge is -2.17. The maximum absolute atomic E-state index is 12.5. The van der Waals surface area contributed by atoms with Gasteiger partial charge in [0.25, 0.3) is 0 Å². The number of nitrogens with zero attached hydrogens (tertiary/aromatic N) is 4. The first-order chi connectivity index (χ1) is 11.6. The second-order valence-electron chi connectivity index (χ2n) is 5.75. The van der Waals surface area contributed by atoms with Crippen LogP contribution in [0.4, 0.5) is 0 Å². The lowest BCUT2D eigenvalue weighted by Crippen LogP contribution is -2.32. The number of methoxy groups -OCH3 is 1. The van der Waals surface area contributed by atoms with Crippen molar-refractivity contribution in [2.75, 3.05) is 20.2 Å². The monoisotopic (exact) mass is 332 g/mol. The van der Waals surface area contributed by atoms with Crippen LogP contribution < -0.4 is 9.47 Å². The van der Waals surface area contributed by atoms with Gasteiger partial charge in [0.05, 0.1) is 38.2 Å². The molecule has 0 spiro atoms. The van der Waals surface area contributed by atoms with Crippen LogP contribution >= 0.6 is 0 Å². The number of hydrogen-bond acceptors (Lipinski definition) is 7. The van der Waals surface area contributed by atoms with Gasteiger partial charge in [-0.25, -0.2) is 0 Å². The average molecular weight is 332 g/mol. The highest BCUT2D eigenvalue weighted by Crippen LogP contribution is 2.20. The normalized spacial score (nSPS) is 17.1. The van der Waals surface area contributed by atoms with E-state index in [0.717, 1.165) is 17.7 Å². The standard InChI is InChI=1S/C16H20N4O4/c1-10-13(11(2)24-19-10)6-16(21)20-5-4-12(9-20)23-15-8-17-7-14(18-15)22-3/h7-8,12H,4-6,9H2,1-3H3. The molecule has 8 heteroatoms. The molecule has 24 heavy (non-hydrogen) atoms. The van der Waals surface area contributed by atoms with Gasteiger partial charge in [0.1, 0.15) is 11.9 Å². The zero-order valence-corrected chi connectivity index (χ0v) is 14.0. The third-order valence-corrected chi connectivity index (χ3v) is 4.09. The van der Waals surface area contributed by atoms with E-state index in [0.29, 0.717) is 37.0 Å². The fourth-order valence-corrected chi connectivity index (χ4v) is 2.73. The van der Waals surface area contributed by atoms with E-state index >= 15 is 0 Å². The molecule has 2 aromatic rings. The van der Waals surface area contributed by atoms with E-state index in [2.05, 4.69) is 15.1 Å². The van der Waals surface area contributed by atoms with E-state index in [4.69, 9.17) is 14.0 Å². The van der Waals surface area contributed by atoms with Crippen molar-refractivity contribution in [3.8, 4) is 11.8 Å². The van der Waals surface area contributed by atoms with Crippen molar-refractivity contribution >= 4 is 5.91 Å². The molecule has 1 aliphatic heterocycles. The molecule has 0 aromatic carbocycles. The third-order valence-electron chi connectivity index (χ3n) is 4.09. The first kappa shape index (κ1) is 16.2. The van der Waals surface area contributed by atoms with Gasteiger partial charge < -0.3 is 18.9 Å². The maximum Gasteiger partial charge on any atom is 0.235 e. The quantitative estimate of drug-likeness (QED) is 0.815. The van der Waals surface area contributed by atoms with Gasteiger partial charge in [-0.3, -0.25) is 9.78 Å². The summed E-state index contributed by atoms with van der Waals surface area (Å²) in [5.41, 5.74) is 1.63. The van der Waals surface area contributed by atoms with Crippen LogP contribution in [0.5, 0.6) is 11.8 Å². The van der Waals surface area contributed by atoms with Gasteiger partial charge in [0.15, 0.2) is 0 Å². The van der Waals surface area contributed by atoms with Gasteiger partial charge in [-0.15, -0.1) is 0 Å². The molecule has 0 bridgehead atoms. The Morgan fingerprint density at radius 3 is 2.88 bits per heavy atom. The lowest BCUT2D eigenvalue weighted by atomic mass is 10.1. The zero-order chi connectivity index (χ0) is 17.1. The molecule has 1 atom stereocenters. The molecule has 0 saturated carbocycles. The largest absolute Gasteiger partial charge is 0.480 e. The summed E-state index contributed by atoms with van der Waals surface area (Å²) < 4.78 is 15.9. The van der Waals surface area contributed by atoms with Crippen LogP contribution in [0.15, 0.2) is 16.9 Å². The molecule has 1 aliphatic rings. The third kappa shape index (κ3) is 3.47. The number of hydrogen-bond donors (Lipinski definition) is 0. The smallest absolute Gasteiger partial charge is 0.235 e. The minimum Gasteiger partial charge on any atom is -0.480 e. The molecule has 0 N–H and O–H groups in total. The summed E-state index contributed by atoms with van der Waals surface area (Å²) in [5, 5.41) is 3.89. The van der Waals surface area contributed by atoms with E-state index in [1.54, 1.807) is 4.90 Å². The van der Waals surface area contributed by atoms with Gasteiger partial charge in [0.2, 0.25) is 17.7 Å². The summed E-state index contributed by atoms with van der Waals surface area (Å²) in [7, 11) is 1.53. The highest BCUT2D eigenvalue weighted by atomic mass is 16.5. The molecule has 128 valence electrons. The van der Waals surface area contributed by atoms with Crippen LogP contribution in [0.3, 0.4) is 0 Å². The second-order valence-corrected chi connectivity index (χ2v) is 5.75. The van der Waals surface area contributed by atoms with Gasteiger partial charge in [0, 0.05) is 18.5 Å². The van der Waals surface area contributed by atoms with Crippen LogP contribution in [0, 0.1) is 13.8 Å². The number of likely N-dealkylation sites (tertiary alicyclic amines) is 1. The molecule has 3 heterocycles. The lowest BCUT2D eigenvalue weighted by molar-refractivity contribution is -0.129. The van der Waals surface area contributed by atoms with Gasteiger partial charge >= 0.3 is 0 Å². The van der Waals surface area contributed by atoms with Crippen LogP contribution in [0.1, 0.15) is 23.4 Å². The van der Waals surface area contributed by atoms with Crippen molar-refractivity contribution in [1.29, 1.82) is 0 Å². The van der Waals surface area contributed by atoms with Crippen molar-refractivity contribution in [1.82, 2.24) is 20.0 Å². The Balaban J connectivity index is 1.57. The predicted octanol–water partition coefficient (Wildman–Crippen LogP) is 1.31. The van der Waals surface area contributed by atoms with E-state index < -0.39 is 0 Å². The molecule has 0 aliphatic carbocycles. The van der Waals surface area contributed by atoms with Crippen molar-refractivity contribution < 1.29 is 18.8 Å². The molecule has 2 aromatic heterocycles. The zero-order valence-electron chi connectivity index (χ0n) is 14.0. The van der Waals surface area contributed by atoms with Crippen molar-refractivity contribution in [3.63, 3.8) is 0 Å². The number of aromatic nitrogens is 3.